The first-order chi connectivity index (χ1) is 58.1. The van der Waals surface area contributed by atoms with Gasteiger partial charge in [0.15, 0.2) is 23.1 Å². The quantitative estimate of drug-likeness (QED) is 0.0692. The minimum absolute atomic E-state index is 0. The second kappa shape index (κ2) is 35.1. The Morgan fingerprint density at radius 3 is 0.826 bits per heavy atom. The van der Waals surface area contributed by atoms with Gasteiger partial charge in [0.25, 0.3) is 0 Å². The highest BCUT2D eigenvalue weighted by Crippen LogP contribution is 2.44. The summed E-state index contributed by atoms with van der Waals surface area (Å²) in [7, 11) is 6.42. The third-order valence-electron chi connectivity index (χ3n) is 23.7. The molecular formula is C109H100N4O8. The Morgan fingerprint density at radius 2 is 0.488 bits per heavy atom. The number of aromatic nitrogens is 4. The maximum atomic E-state index is 12.6. The summed E-state index contributed by atoms with van der Waals surface area (Å²) < 4.78 is 31.0. The molecule has 18 rings (SSSR count). The largest absolute Gasteiger partial charge is 0.501 e. The van der Waals surface area contributed by atoms with Gasteiger partial charge in [-0.15, -0.1) is 0 Å². The molecule has 12 heteroatoms. The lowest BCUT2D eigenvalue weighted by Gasteiger charge is -2.24. The Balaban J connectivity index is 0.000000132. The number of carbonyl (C=O) groups is 4. The Hall–Kier alpha value is -14.4. The van der Waals surface area contributed by atoms with Crippen LogP contribution < -0.4 is 0 Å². The molecule has 12 nitrogen and oxygen atoms in total. The van der Waals surface area contributed by atoms with E-state index in [0.717, 1.165) is 94.1 Å². The van der Waals surface area contributed by atoms with Gasteiger partial charge in [0.05, 0.1) is 112 Å². The smallest absolute Gasteiger partial charge is 0.163 e. The number of methoxy groups -OCH3 is 4. The molecule has 0 saturated heterocycles. The summed E-state index contributed by atoms with van der Waals surface area (Å²) in [6, 6.07) is 101. The van der Waals surface area contributed by atoms with E-state index in [1.807, 2.05) is 70.2 Å². The average molecular weight is 1590 g/mol. The van der Waals surface area contributed by atoms with Crippen LogP contribution in [-0.2, 0) is 38.1 Å². The van der Waals surface area contributed by atoms with Crippen molar-refractivity contribution >= 4 is 154 Å². The SMILES string of the molecule is C.CO/C(C)=C(\C(C)=O)c1c(C)c(C)c(-n2c3ccccc3c3ccccc32)c(C)c1C.CO/C(C)=C(\C(C)=O)c1ccc(-n2c3ccccc3c3ccccc32)c2ccccc12.CO/C(C)=C(\C(C)=O)c1ccc(-n2c3ccccc3c3ccccc32)cc1.CO/C(C)=C(\C(C)=O)c1cccc2c(-n3c4ccccc4c4ccccc43)cccc12. The lowest BCUT2D eigenvalue weighted by atomic mass is 9.86. The molecule has 0 N–H and O–H groups in total. The van der Waals surface area contributed by atoms with Crippen molar-refractivity contribution in [1.29, 1.82) is 0 Å². The van der Waals surface area contributed by atoms with Crippen molar-refractivity contribution in [3.8, 4) is 22.7 Å². The normalized spacial score (nSPS) is 12.2. The third kappa shape index (κ3) is 14.9. The highest BCUT2D eigenvalue weighted by molar-refractivity contribution is 6.26. The molecule has 18 aromatic rings. The van der Waals surface area contributed by atoms with Crippen molar-refractivity contribution in [2.24, 2.45) is 0 Å². The zero-order valence-corrected chi connectivity index (χ0v) is 70.8. The molecule has 0 atom stereocenters. The lowest BCUT2D eigenvalue weighted by molar-refractivity contribution is -0.112. The van der Waals surface area contributed by atoms with Gasteiger partial charge in [-0.1, -0.05) is 226 Å². The predicted octanol–water partition coefficient (Wildman–Crippen LogP) is 27.2. The van der Waals surface area contributed by atoms with Gasteiger partial charge >= 0.3 is 0 Å². The molecule has 0 spiro atoms. The number of ether oxygens (including phenoxy) is 4. The van der Waals surface area contributed by atoms with E-state index in [1.165, 1.54) is 82.0 Å². The van der Waals surface area contributed by atoms with Crippen molar-refractivity contribution in [2.75, 3.05) is 28.4 Å². The minimum atomic E-state index is -0.00545. The summed E-state index contributed by atoms with van der Waals surface area (Å²) in [5.74, 6) is 2.55. The maximum absolute atomic E-state index is 12.6. The number of nitrogens with zero attached hydrogens (tertiary/aromatic N) is 4. The second-order valence-electron chi connectivity index (χ2n) is 30.4. The Labute approximate surface area is 706 Å². The fraction of sp³-hybridized carbons (Fsp3) is 0.156. The molecule has 0 radical (unpaired) electrons. The number of Topliss-reactive ketones (excluding diaryl/α,β-unsaturated/α-hetero) is 4. The summed E-state index contributed by atoms with van der Waals surface area (Å²) in [6.45, 7) is 22.3. The lowest BCUT2D eigenvalue weighted by Crippen LogP contribution is -2.11. The van der Waals surface area contributed by atoms with Gasteiger partial charge in [-0.25, -0.2) is 0 Å². The molecule has 0 bridgehead atoms. The topological polar surface area (TPSA) is 125 Å². The van der Waals surface area contributed by atoms with Crippen molar-refractivity contribution in [3.05, 3.63) is 359 Å². The molecule has 4 heterocycles. The molecule has 121 heavy (non-hydrogen) atoms. The standard InChI is InChI=1S/2C28H23NO2.C28H29NO2.C24H21NO2.CH4/c1-18(30)28(19(2)31-3)24-14-8-13-21-20(24)12-9-17-27(21)29-25-15-6-4-10-22(25)23-11-5-7-16-26(23)29;1-18(30)28(19(2)31-3)24-16-17-27(21-11-5-4-10-20(21)24)29-25-14-8-6-12-22(25)23-13-7-9-15-26(23)29;1-16-18(3)28(19(4)17(2)26(16)27(20(5)30)21(6)31-7)29-24-14-10-8-12-22(24)23-13-9-11-15-25(23)29;1-16(26)24(17(2)27-3)18-12-14-19(15-13-18)25-22-10-6-4-8-20(22)21-9-5-7-11-23(21)25;/h2*4-17H,1-3H3;8-15H,1-7H3;4-15H,1-3H3;1H4/b2*28-19+;27-21+;24-17+;. The fourth-order valence-electron chi connectivity index (χ4n) is 17.8. The number of hydrogen-bond donors (Lipinski definition) is 0. The molecule has 14 aromatic carbocycles. The first kappa shape index (κ1) is 83.1. The first-order valence-electron chi connectivity index (χ1n) is 40.4. The number of fused-ring (bicyclic) bond motifs is 14. The van der Waals surface area contributed by atoms with Crippen molar-refractivity contribution < 1.29 is 38.1 Å². The molecule has 0 aliphatic carbocycles. The van der Waals surface area contributed by atoms with Crippen LogP contribution in [0.5, 0.6) is 0 Å². The highest BCUT2D eigenvalue weighted by atomic mass is 16.5. The summed E-state index contributed by atoms with van der Waals surface area (Å²) in [4.78, 5) is 49.7. The first-order valence-corrected chi connectivity index (χ1v) is 40.4. The number of ketones is 4. The van der Waals surface area contributed by atoms with Gasteiger partial charge in [-0.05, 0) is 211 Å². The van der Waals surface area contributed by atoms with E-state index in [1.54, 1.807) is 56.1 Å². The highest BCUT2D eigenvalue weighted by Gasteiger charge is 2.27. The van der Waals surface area contributed by atoms with Gasteiger partial charge in [0, 0.05) is 59.5 Å². The number of rotatable bonds is 16. The van der Waals surface area contributed by atoms with Crippen LogP contribution in [0.2, 0.25) is 0 Å². The van der Waals surface area contributed by atoms with Gasteiger partial charge in [0.2, 0.25) is 0 Å². The van der Waals surface area contributed by atoms with Gasteiger partial charge in [0.1, 0.15) is 23.0 Å². The maximum Gasteiger partial charge on any atom is 0.163 e. The van der Waals surface area contributed by atoms with Gasteiger partial charge < -0.3 is 37.2 Å². The van der Waals surface area contributed by atoms with Crippen LogP contribution >= 0.6 is 0 Å². The van der Waals surface area contributed by atoms with Crippen molar-refractivity contribution in [3.63, 3.8) is 0 Å². The predicted molar refractivity (Wildman–Crippen MR) is 505 cm³/mol. The van der Waals surface area contributed by atoms with E-state index >= 15 is 0 Å². The number of carbonyl (C=O) groups excluding carboxylic acids is 4. The van der Waals surface area contributed by atoms with Crippen LogP contribution in [0.15, 0.2) is 314 Å². The number of benzene rings is 14. The van der Waals surface area contributed by atoms with Crippen molar-refractivity contribution in [2.45, 2.75) is 90.5 Å². The average Bonchev–Trinajstić information content (AvgIpc) is 1.63. The Bertz CT molecular complexity index is 6880. The molecule has 0 amide bonds. The van der Waals surface area contributed by atoms with Crippen LogP contribution in [0.4, 0.5) is 0 Å². The van der Waals surface area contributed by atoms with E-state index < -0.39 is 0 Å². The van der Waals surface area contributed by atoms with E-state index in [-0.39, 0.29) is 30.6 Å². The number of para-hydroxylation sites is 8. The van der Waals surface area contributed by atoms with E-state index in [4.69, 9.17) is 18.9 Å². The van der Waals surface area contributed by atoms with Crippen LogP contribution in [0, 0.1) is 27.7 Å². The van der Waals surface area contributed by atoms with Crippen molar-refractivity contribution in [1.82, 2.24) is 18.3 Å². The summed E-state index contributed by atoms with van der Waals surface area (Å²) in [6.07, 6.45) is 0. The van der Waals surface area contributed by atoms with E-state index in [0.29, 0.717) is 45.3 Å². The van der Waals surface area contributed by atoms with Gasteiger partial charge in [-0.2, -0.15) is 0 Å². The monoisotopic (exact) mass is 1590 g/mol. The van der Waals surface area contributed by atoms with E-state index in [9.17, 15) is 19.2 Å². The second-order valence-corrected chi connectivity index (χ2v) is 30.4. The third-order valence-corrected chi connectivity index (χ3v) is 23.7. The molecule has 4 aromatic heterocycles. The molecule has 0 aliphatic rings. The number of hydrogen-bond acceptors (Lipinski definition) is 8. The molecular weight excluding hydrogens is 1490 g/mol. The molecule has 604 valence electrons. The van der Waals surface area contributed by atoms with Crippen LogP contribution in [0.1, 0.15) is 107 Å². The van der Waals surface area contributed by atoms with Crippen LogP contribution in [0.3, 0.4) is 0 Å². The van der Waals surface area contributed by atoms with E-state index in [2.05, 4.69) is 295 Å². The fourth-order valence-corrected chi connectivity index (χ4v) is 17.8. The zero-order chi connectivity index (χ0) is 84.5. The summed E-state index contributed by atoms with van der Waals surface area (Å²) in [5, 5.41) is 14.1. The molecule has 0 aliphatic heterocycles. The minimum Gasteiger partial charge on any atom is -0.501 e. The molecule has 0 fully saturated rings. The molecule has 0 saturated carbocycles. The van der Waals surface area contributed by atoms with Crippen LogP contribution in [0.25, 0.3) is 154 Å². The number of allylic oxidation sites excluding steroid dienone is 8. The zero-order valence-electron chi connectivity index (χ0n) is 70.8. The summed E-state index contributed by atoms with van der Waals surface area (Å²) >= 11 is 0. The summed E-state index contributed by atoms with van der Waals surface area (Å²) in [5.41, 5.74) is 24.6. The Morgan fingerprint density at radius 1 is 0.231 bits per heavy atom. The molecule has 0 unspecified atom stereocenters. The van der Waals surface area contributed by atoms with Gasteiger partial charge in [-0.3, -0.25) is 19.2 Å². The Kier molecular flexibility index (Phi) is 24.1. The van der Waals surface area contributed by atoms with Crippen LogP contribution in [-0.4, -0.2) is 69.8 Å².